The van der Waals surface area contributed by atoms with Crippen LogP contribution in [-0.2, 0) is 4.79 Å². The van der Waals surface area contributed by atoms with E-state index in [1.54, 1.807) is 36.1 Å². The van der Waals surface area contributed by atoms with Crippen LogP contribution in [-0.4, -0.2) is 24.4 Å². The van der Waals surface area contributed by atoms with Gasteiger partial charge in [-0.05, 0) is 31.2 Å². The summed E-state index contributed by atoms with van der Waals surface area (Å²) in [5.74, 6) is -0.296. The summed E-state index contributed by atoms with van der Waals surface area (Å²) in [6.45, 7) is 1.95. The maximum Gasteiger partial charge on any atom is 0.287 e. The second-order valence-corrected chi connectivity index (χ2v) is 6.06. The van der Waals surface area contributed by atoms with Crippen LogP contribution in [0.5, 0.6) is 0 Å². The molecule has 0 spiro atoms. The highest BCUT2D eigenvalue weighted by Gasteiger charge is 2.32. The van der Waals surface area contributed by atoms with Gasteiger partial charge in [0.1, 0.15) is 5.76 Å². The summed E-state index contributed by atoms with van der Waals surface area (Å²) in [7, 11) is 0. The number of hydrogen-bond donors (Lipinski definition) is 1. The lowest BCUT2D eigenvalue weighted by Gasteiger charge is -2.17. The smallest absolute Gasteiger partial charge is 0.287 e. The molecule has 0 radical (unpaired) electrons. The van der Waals surface area contributed by atoms with Gasteiger partial charge in [-0.15, -0.1) is 0 Å². The van der Waals surface area contributed by atoms with E-state index in [9.17, 15) is 14.4 Å². The monoisotopic (exact) mass is 346 g/mol. The van der Waals surface area contributed by atoms with Gasteiger partial charge in [0, 0.05) is 35.8 Å². The molecule has 2 aromatic rings. The third kappa shape index (κ3) is 3.49. The fourth-order valence-corrected chi connectivity index (χ4v) is 2.77. The Morgan fingerprint density at radius 3 is 2.62 bits per heavy atom. The van der Waals surface area contributed by atoms with Crippen molar-refractivity contribution in [1.82, 2.24) is 5.32 Å². The first-order valence-electron chi connectivity index (χ1n) is 7.41. The van der Waals surface area contributed by atoms with Crippen LogP contribution in [0, 0.1) is 6.92 Å². The molecular formula is C17H15ClN2O4. The Bertz CT molecular complexity index is 844. The maximum absolute atomic E-state index is 12.2. The minimum Gasteiger partial charge on any atom is -0.456 e. The van der Waals surface area contributed by atoms with E-state index in [0.29, 0.717) is 17.3 Å². The Kier molecular flexibility index (Phi) is 4.40. The number of carbonyl (C=O) groups excluding carboxylic acids is 2. The summed E-state index contributed by atoms with van der Waals surface area (Å²) in [6.07, 6.45) is 0.185. The van der Waals surface area contributed by atoms with Crippen molar-refractivity contribution >= 4 is 29.1 Å². The number of halogens is 1. The zero-order valence-corrected chi connectivity index (χ0v) is 13.7. The van der Waals surface area contributed by atoms with E-state index in [-0.39, 0.29) is 29.6 Å². The van der Waals surface area contributed by atoms with Crippen molar-refractivity contribution in [3.63, 3.8) is 0 Å². The van der Waals surface area contributed by atoms with Crippen LogP contribution in [0.2, 0.25) is 5.02 Å². The zero-order valence-electron chi connectivity index (χ0n) is 12.9. The van der Waals surface area contributed by atoms with Gasteiger partial charge in [0.15, 0.2) is 11.2 Å². The molecule has 0 saturated carbocycles. The molecular weight excluding hydrogens is 332 g/mol. The lowest BCUT2D eigenvalue weighted by molar-refractivity contribution is -0.117. The molecule has 2 amide bonds. The van der Waals surface area contributed by atoms with Gasteiger partial charge in [0.25, 0.3) is 5.91 Å². The average molecular weight is 347 g/mol. The van der Waals surface area contributed by atoms with Crippen LogP contribution in [0.1, 0.15) is 22.7 Å². The van der Waals surface area contributed by atoms with Crippen LogP contribution < -0.4 is 15.6 Å². The lowest BCUT2D eigenvalue weighted by atomic mass is 10.2. The number of benzene rings is 1. The second-order valence-electron chi connectivity index (χ2n) is 5.62. The molecule has 3 rings (SSSR count). The van der Waals surface area contributed by atoms with E-state index < -0.39 is 5.91 Å². The van der Waals surface area contributed by atoms with Gasteiger partial charge < -0.3 is 14.6 Å². The van der Waals surface area contributed by atoms with Crippen molar-refractivity contribution in [1.29, 1.82) is 0 Å². The number of anilines is 1. The van der Waals surface area contributed by atoms with Gasteiger partial charge in [-0.25, -0.2) is 0 Å². The van der Waals surface area contributed by atoms with E-state index in [0.717, 1.165) is 11.8 Å². The predicted octanol–water partition coefficient (Wildman–Crippen LogP) is 2.14. The van der Waals surface area contributed by atoms with E-state index in [4.69, 9.17) is 16.0 Å². The van der Waals surface area contributed by atoms with Crippen molar-refractivity contribution in [2.24, 2.45) is 0 Å². The Morgan fingerprint density at radius 1 is 1.25 bits per heavy atom. The molecule has 7 heteroatoms. The summed E-state index contributed by atoms with van der Waals surface area (Å²) < 4.78 is 5.26. The Hall–Kier alpha value is -2.60. The molecule has 1 aliphatic heterocycles. The van der Waals surface area contributed by atoms with Crippen LogP contribution in [0.25, 0.3) is 0 Å². The normalized spacial score (nSPS) is 17.2. The number of hydrogen-bond acceptors (Lipinski definition) is 4. The predicted molar refractivity (Wildman–Crippen MR) is 89.4 cm³/mol. The van der Waals surface area contributed by atoms with Gasteiger partial charge in [-0.1, -0.05) is 11.6 Å². The fraction of sp³-hybridized carbons (Fsp3) is 0.235. The highest BCUT2D eigenvalue weighted by Crippen LogP contribution is 2.23. The number of nitrogens with zero attached hydrogens (tertiary/aromatic N) is 1. The highest BCUT2D eigenvalue weighted by atomic mass is 35.5. The molecule has 0 unspecified atom stereocenters. The average Bonchev–Trinajstić information content (AvgIpc) is 2.87. The third-order valence-corrected chi connectivity index (χ3v) is 3.96. The largest absolute Gasteiger partial charge is 0.456 e. The van der Waals surface area contributed by atoms with Crippen molar-refractivity contribution in [3.8, 4) is 0 Å². The SMILES string of the molecule is Cc1cc(=O)cc(C(=O)N[C@H]2CC(=O)N(c3ccc(Cl)cc3)C2)o1. The van der Waals surface area contributed by atoms with E-state index in [2.05, 4.69) is 5.32 Å². The Morgan fingerprint density at radius 2 is 1.96 bits per heavy atom. The lowest BCUT2D eigenvalue weighted by Crippen LogP contribution is -2.37. The molecule has 124 valence electrons. The molecule has 1 aromatic carbocycles. The molecule has 6 nitrogen and oxygen atoms in total. The highest BCUT2D eigenvalue weighted by molar-refractivity contribution is 6.30. The molecule has 1 saturated heterocycles. The van der Waals surface area contributed by atoms with Gasteiger partial charge >= 0.3 is 0 Å². The van der Waals surface area contributed by atoms with Crippen molar-refractivity contribution in [2.45, 2.75) is 19.4 Å². The van der Waals surface area contributed by atoms with Crippen molar-refractivity contribution in [3.05, 3.63) is 63.2 Å². The molecule has 1 aliphatic rings. The van der Waals surface area contributed by atoms with Gasteiger partial charge in [-0.3, -0.25) is 14.4 Å². The van der Waals surface area contributed by atoms with Crippen LogP contribution >= 0.6 is 11.6 Å². The number of aryl methyl sites for hydroxylation is 1. The number of amides is 2. The number of carbonyl (C=O) groups is 2. The molecule has 0 aliphatic carbocycles. The van der Waals surface area contributed by atoms with E-state index in [1.165, 1.54) is 6.07 Å². The second kappa shape index (κ2) is 6.49. The number of rotatable bonds is 3. The van der Waals surface area contributed by atoms with Crippen molar-refractivity contribution < 1.29 is 14.0 Å². The fourth-order valence-electron chi connectivity index (χ4n) is 2.65. The minimum atomic E-state index is -0.508. The summed E-state index contributed by atoms with van der Waals surface area (Å²) in [4.78, 5) is 37.4. The molecule has 1 aromatic heterocycles. The minimum absolute atomic E-state index is 0.0580. The molecule has 1 N–H and O–H groups in total. The zero-order chi connectivity index (χ0) is 17.3. The maximum atomic E-state index is 12.2. The molecule has 1 fully saturated rings. The van der Waals surface area contributed by atoms with Crippen LogP contribution in [0.15, 0.2) is 45.6 Å². The summed E-state index contributed by atoms with van der Waals surface area (Å²) in [5, 5.41) is 3.32. The molecule has 1 atom stereocenters. The van der Waals surface area contributed by atoms with Gasteiger partial charge in [-0.2, -0.15) is 0 Å². The third-order valence-electron chi connectivity index (χ3n) is 3.71. The van der Waals surface area contributed by atoms with Crippen molar-refractivity contribution in [2.75, 3.05) is 11.4 Å². The molecule has 2 heterocycles. The van der Waals surface area contributed by atoms with Gasteiger partial charge in [0.2, 0.25) is 5.91 Å². The van der Waals surface area contributed by atoms with Gasteiger partial charge in [0.05, 0.1) is 6.04 Å². The quantitative estimate of drug-likeness (QED) is 0.923. The number of nitrogens with one attached hydrogen (secondary N) is 1. The summed E-state index contributed by atoms with van der Waals surface area (Å²) >= 11 is 5.85. The van der Waals surface area contributed by atoms with E-state index >= 15 is 0 Å². The Balaban J connectivity index is 1.70. The molecule has 0 bridgehead atoms. The summed E-state index contributed by atoms with van der Waals surface area (Å²) in [6, 6.07) is 9.00. The van der Waals surface area contributed by atoms with E-state index in [1.807, 2.05) is 0 Å². The van der Waals surface area contributed by atoms with Crippen LogP contribution in [0.4, 0.5) is 5.69 Å². The topological polar surface area (TPSA) is 79.6 Å². The summed E-state index contributed by atoms with van der Waals surface area (Å²) in [5.41, 5.74) is 0.428. The first kappa shape index (κ1) is 16.3. The Labute approximate surface area is 143 Å². The first-order chi connectivity index (χ1) is 11.4. The standard InChI is InChI=1S/C17H15ClN2O4/c1-10-6-14(21)8-15(24-10)17(23)19-12-7-16(22)20(9-12)13-4-2-11(18)3-5-13/h2-6,8,12H,7,9H2,1H3,(H,19,23)/t12-/m0/s1. The van der Waals surface area contributed by atoms with Crippen LogP contribution in [0.3, 0.4) is 0 Å². The molecule has 24 heavy (non-hydrogen) atoms. The first-order valence-corrected chi connectivity index (χ1v) is 7.79.